The van der Waals surface area contributed by atoms with Crippen molar-refractivity contribution in [3.63, 3.8) is 0 Å². The van der Waals surface area contributed by atoms with Crippen LogP contribution < -0.4 is 0 Å². The Morgan fingerprint density at radius 1 is 0.750 bits per heavy atom. The van der Waals surface area contributed by atoms with Crippen LogP contribution >= 0.6 is 0 Å². The number of aromatic nitrogens is 1. The van der Waals surface area contributed by atoms with Gasteiger partial charge in [-0.2, -0.15) is 13.2 Å². The molecule has 0 bridgehead atoms. The molecule has 100 valence electrons. The van der Waals surface area contributed by atoms with E-state index < -0.39 is 11.7 Å². The van der Waals surface area contributed by atoms with Gasteiger partial charge in [0.05, 0.1) is 16.8 Å². The number of halogens is 3. The van der Waals surface area contributed by atoms with Crippen molar-refractivity contribution in [2.24, 2.45) is 0 Å². The average molecular weight is 273 g/mol. The van der Waals surface area contributed by atoms with Crippen molar-refractivity contribution in [1.29, 1.82) is 0 Å². The summed E-state index contributed by atoms with van der Waals surface area (Å²) >= 11 is 0. The second-order valence-electron chi connectivity index (χ2n) is 4.46. The molecule has 0 aliphatic carbocycles. The Hall–Kier alpha value is -2.36. The lowest BCUT2D eigenvalue weighted by atomic mass is 10.1. The second kappa shape index (κ2) is 4.63. The molecule has 0 aliphatic rings. The number of rotatable bonds is 1. The quantitative estimate of drug-likeness (QED) is 0.613. The minimum absolute atomic E-state index is 0.651. The fourth-order valence-corrected chi connectivity index (χ4v) is 2.06. The SMILES string of the molecule is FC(F)(F)c1ccc(-c2ccc3ccccc3n2)cc1. The van der Waals surface area contributed by atoms with Crippen molar-refractivity contribution in [2.45, 2.75) is 6.18 Å². The molecule has 20 heavy (non-hydrogen) atoms. The van der Waals surface area contributed by atoms with Crippen molar-refractivity contribution in [1.82, 2.24) is 4.98 Å². The van der Waals surface area contributed by atoms with E-state index in [1.807, 2.05) is 36.4 Å². The molecular formula is C16H10F3N. The van der Waals surface area contributed by atoms with Crippen LogP contribution in [-0.2, 0) is 6.18 Å². The van der Waals surface area contributed by atoms with Gasteiger partial charge in [0.1, 0.15) is 0 Å². The Labute approximate surface area is 113 Å². The smallest absolute Gasteiger partial charge is 0.248 e. The van der Waals surface area contributed by atoms with E-state index in [2.05, 4.69) is 4.98 Å². The molecule has 0 saturated heterocycles. The summed E-state index contributed by atoms with van der Waals surface area (Å²) in [6.07, 6.45) is -4.31. The van der Waals surface area contributed by atoms with Crippen molar-refractivity contribution in [2.75, 3.05) is 0 Å². The molecule has 0 saturated carbocycles. The van der Waals surface area contributed by atoms with Gasteiger partial charge in [-0.3, -0.25) is 0 Å². The van der Waals surface area contributed by atoms with Gasteiger partial charge < -0.3 is 0 Å². The Bertz CT molecular complexity index is 746. The van der Waals surface area contributed by atoms with Gasteiger partial charge in [-0.1, -0.05) is 36.4 Å². The normalized spacial score (nSPS) is 11.8. The molecule has 0 aliphatic heterocycles. The summed E-state index contributed by atoms with van der Waals surface area (Å²) in [4.78, 5) is 4.46. The molecule has 0 N–H and O–H groups in total. The van der Waals surface area contributed by atoms with Crippen molar-refractivity contribution in [3.8, 4) is 11.3 Å². The maximum absolute atomic E-state index is 12.5. The zero-order valence-corrected chi connectivity index (χ0v) is 10.4. The molecule has 4 heteroatoms. The molecule has 0 spiro atoms. The van der Waals surface area contributed by atoms with Gasteiger partial charge in [-0.15, -0.1) is 0 Å². The van der Waals surface area contributed by atoms with Gasteiger partial charge in [0.25, 0.3) is 0 Å². The van der Waals surface area contributed by atoms with Gasteiger partial charge in [0.2, 0.25) is 0 Å². The van der Waals surface area contributed by atoms with Crippen molar-refractivity contribution in [3.05, 3.63) is 66.2 Å². The molecule has 0 fully saturated rings. The Kier molecular flexibility index (Phi) is 2.93. The number of hydrogen-bond donors (Lipinski definition) is 0. The molecule has 3 aromatic rings. The van der Waals surface area contributed by atoms with E-state index in [0.717, 1.165) is 23.0 Å². The lowest BCUT2D eigenvalue weighted by Gasteiger charge is -2.08. The van der Waals surface area contributed by atoms with Crippen LogP contribution in [0.2, 0.25) is 0 Å². The first-order valence-electron chi connectivity index (χ1n) is 6.07. The number of nitrogens with zero attached hydrogens (tertiary/aromatic N) is 1. The first-order valence-corrected chi connectivity index (χ1v) is 6.07. The summed E-state index contributed by atoms with van der Waals surface area (Å²) in [5.41, 5.74) is 1.51. The van der Waals surface area contributed by atoms with Crippen molar-refractivity contribution >= 4 is 10.9 Å². The maximum atomic E-state index is 12.5. The van der Waals surface area contributed by atoms with E-state index in [0.29, 0.717) is 11.3 Å². The number of pyridine rings is 1. The van der Waals surface area contributed by atoms with E-state index in [4.69, 9.17) is 0 Å². The molecule has 0 atom stereocenters. The van der Waals surface area contributed by atoms with E-state index in [-0.39, 0.29) is 0 Å². The van der Waals surface area contributed by atoms with Crippen molar-refractivity contribution < 1.29 is 13.2 Å². The van der Waals surface area contributed by atoms with Gasteiger partial charge in [-0.05, 0) is 24.3 Å². The summed E-state index contributed by atoms with van der Waals surface area (Å²) in [6, 6.07) is 16.4. The number of alkyl halides is 3. The topological polar surface area (TPSA) is 12.9 Å². The molecule has 0 amide bonds. The predicted octanol–water partition coefficient (Wildman–Crippen LogP) is 4.92. The number of fused-ring (bicyclic) bond motifs is 1. The summed E-state index contributed by atoms with van der Waals surface area (Å²) in [7, 11) is 0. The van der Waals surface area contributed by atoms with E-state index in [9.17, 15) is 13.2 Å². The zero-order chi connectivity index (χ0) is 14.2. The van der Waals surface area contributed by atoms with Gasteiger partial charge in [0.15, 0.2) is 0 Å². The molecular weight excluding hydrogens is 263 g/mol. The molecule has 1 aromatic heterocycles. The fraction of sp³-hybridized carbons (Fsp3) is 0.0625. The van der Waals surface area contributed by atoms with E-state index >= 15 is 0 Å². The molecule has 1 heterocycles. The molecule has 1 nitrogen and oxygen atoms in total. The summed E-state index contributed by atoms with van der Waals surface area (Å²) in [5.74, 6) is 0. The standard InChI is InChI=1S/C16H10F3N/c17-16(18,19)13-8-5-12(6-9-13)15-10-7-11-3-1-2-4-14(11)20-15/h1-10H. The molecule has 0 radical (unpaired) electrons. The second-order valence-corrected chi connectivity index (χ2v) is 4.46. The largest absolute Gasteiger partial charge is 0.416 e. The van der Waals surface area contributed by atoms with Crippen LogP contribution in [0.1, 0.15) is 5.56 Å². The number of benzene rings is 2. The van der Waals surface area contributed by atoms with Crippen LogP contribution in [-0.4, -0.2) is 4.98 Å². The molecule has 0 unspecified atom stereocenters. The highest BCUT2D eigenvalue weighted by Gasteiger charge is 2.29. The summed E-state index contributed by atoms with van der Waals surface area (Å²) < 4.78 is 37.5. The summed E-state index contributed by atoms with van der Waals surface area (Å²) in [6.45, 7) is 0. The molecule has 2 aromatic carbocycles. The minimum Gasteiger partial charge on any atom is -0.248 e. The number of hydrogen-bond acceptors (Lipinski definition) is 1. The lowest BCUT2D eigenvalue weighted by Crippen LogP contribution is -2.04. The minimum atomic E-state index is -4.31. The van der Waals surface area contributed by atoms with Crippen LogP contribution in [0.25, 0.3) is 22.2 Å². The highest BCUT2D eigenvalue weighted by Crippen LogP contribution is 2.30. The Morgan fingerprint density at radius 3 is 2.15 bits per heavy atom. The monoisotopic (exact) mass is 273 g/mol. The van der Waals surface area contributed by atoms with E-state index in [1.54, 1.807) is 0 Å². The highest BCUT2D eigenvalue weighted by atomic mass is 19.4. The zero-order valence-electron chi connectivity index (χ0n) is 10.4. The summed E-state index contributed by atoms with van der Waals surface area (Å²) in [5, 5.41) is 1.00. The predicted molar refractivity (Wildman–Crippen MR) is 72.2 cm³/mol. The van der Waals surface area contributed by atoms with Crippen LogP contribution in [0, 0.1) is 0 Å². The van der Waals surface area contributed by atoms with Crippen LogP contribution in [0.15, 0.2) is 60.7 Å². The average Bonchev–Trinajstić information content (AvgIpc) is 2.46. The number of para-hydroxylation sites is 1. The maximum Gasteiger partial charge on any atom is 0.416 e. The van der Waals surface area contributed by atoms with Crippen LogP contribution in [0.4, 0.5) is 13.2 Å². The third kappa shape index (κ3) is 2.37. The van der Waals surface area contributed by atoms with Gasteiger partial charge in [-0.25, -0.2) is 4.98 Å². The Balaban J connectivity index is 2.02. The highest BCUT2D eigenvalue weighted by molar-refractivity contribution is 5.81. The molecule has 3 rings (SSSR count). The first-order chi connectivity index (χ1) is 9.54. The Morgan fingerprint density at radius 2 is 1.45 bits per heavy atom. The fourth-order valence-electron chi connectivity index (χ4n) is 2.06. The van der Waals surface area contributed by atoms with E-state index in [1.165, 1.54) is 12.1 Å². The third-order valence-electron chi connectivity index (χ3n) is 3.11. The van der Waals surface area contributed by atoms with Crippen LogP contribution in [0.5, 0.6) is 0 Å². The van der Waals surface area contributed by atoms with Crippen LogP contribution in [0.3, 0.4) is 0 Å². The van der Waals surface area contributed by atoms with Gasteiger partial charge >= 0.3 is 6.18 Å². The third-order valence-corrected chi connectivity index (χ3v) is 3.11. The first kappa shape index (κ1) is 12.7. The van der Waals surface area contributed by atoms with Gasteiger partial charge in [0, 0.05) is 10.9 Å². The lowest BCUT2D eigenvalue weighted by molar-refractivity contribution is -0.137.